The van der Waals surface area contributed by atoms with E-state index in [1.54, 1.807) is 4.90 Å². The molecule has 9 heteroatoms. The van der Waals surface area contributed by atoms with Crippen molar-refractivity contribution in [1.82, 2.24) is 9.47 Å². The van der Waals surface area contributed by atoms with E-state index in [9.17, 15) is 19.7 Å². The second kappa shape index (κ2) is 5.95. The average molecular weight is 298 g/mol. The number of carbonyl (C=O) groups is 2. The van der Waals surface area contributed by atoms with Gasteiger partial charge in [0.1, 0.15) is 6.54 Å². The zero-order valence-corrected chi connectivity index (χ0v) is 11.8. The lowest BCUT2D eigenvalue weighted by Crippen LogP contribution is -2.33. The lowest BCUT2D eigenvalue weighted by Gasteiger charge is -2.15. The summed E-state index contributed by atoms with van der Waals surface area (Å²) in [6.45, 7) is 2.66. The van der Waals surface area contributed by atoms with Gasteiger partial charge >= 0.3 is 5.00 Å². The summed E-state index contributed by atoms with van der Waals surface area (Å²) in [5.41, 5.74) is 0. The third-order valence-corrected chi connectivity index (χ3v) is 3.88. The molecule has 1 aromatic heterocycles. The van der Waals surface area contributed by atoms with Gasteiger partial charge in [0, 0.05) is 20.0 Å². The van der Waals surface area contributed by atoms with Crippen molar-refractivity contribution in [3.05, 3.63) is 21.1 Å². The number of amides is 2. The van der Waals surface area contributed by atoms with Crippen LogP contribution in [0.2, 0.25) is 0 Å². The Morgan fingerprint density at radius 3 is 2.65 bits per heavy atom. The van der Waals surface area contributed by atoms with Crippen molar-refractivity contribution < 1.29 is 14.5 Å². The number of likely N-dealkylation sites (tertiary alicyclic amines) is 1. The van der Waals surface area contributed by atoms with Crippen LogP contribution in [0.15, 0.2) is 11.2 Å². The maximum Gasteiger partial charge on any atom is 0.343 e. The second-order valence-electron chi connectivity index (χ2n) is 4.46. The van der Waals surface area contributed by atoms with Gasteiger partial charge in [-0.15, -0.1) is 0 Å². The van der Waals surface area contributed by atoms with Crippen molar-refractivity contribution in [2.45, 2.75) is 26.3 Å². The molecule has 1 fully saturated rings. The Kier molecular flexibility index (Phi) is 4.28. The molecule has 0 aromatic carbocycles. The topological polar surface area (TPSA) is 97.8 Å². The number of thiazole rings is 1. The molecule has 20 heavy (non-hydrogen) atoms. The van der Waals surface area contributed by atoms with Gasteiger partial charge in [0.2, 0.25) is 11.8 Å². The molecule has 2 heterocycles. The molecule has 0 N–H and O–H groups in total. The van der Waals surface area contributed by atoms with E-state index in [-0.39, 0.29) is 22.3 Å². The average Bonchev–Trinajstić information content (AvgIpc) is 2.98. The van der Waals surface area contributed by atoms with Crippen LogP contribution in [0.4, 0.5) is 5.00 Å². The number of nitro groups is 1. The van der Waals surface area contributed by atoms with E-state index in [2.05, 4.69) is 4.99 Å². The van der Waals surface area contributed by atoms with E-state index in [1.165, 1.54) is 17.7 Å². The monoisotopic (exact) mass is 298 g/mol. The van der Waals surface area contributed by atoms with Crippen LogP contribution in [0.3, 0.4) is 0 Å². The third-order valence-electron chi connectivity index (χ3n) is 2.91. The van der Waals surface area contributed by atoms with Crippen LogP contribution in [-0.2, 0) is 16.1 Å². The number of hydrogen-bond donors (Lipinski definition) is 0. The van der Waals surface area contributed by atoms with Crippen LogP contribution in [0.5, 0.6) is 0 Å². The zero-order chi connectivity index (χ0) is 14.7. The predicted molar refractivity (Wildman–Crippen MR) is 71.0 cm³/mol. The van der Waals surface area contributed by atoms with Gasteiger partial charge in [0.05, 0.1) is 11.1 Å². The first-order valence-corrected chi connectivity index (χ1v) is 6.97. The quantitative estimate of drug-likeness (QED) is 0.600. The largest absolute Gasteiger partial charge is 0.343 e. The molecular formula is C11H14N4O4S. The van der Waals surface area contributed by atoms with E-state index in [0.29, 0.717) is 13.1 Å². The number of nitrogens with zero attached hydrogens (tertiary/aromatic N) is 4. The van der Waals surface area contributed by atoms with Crippen molar-refractivity contribution >= 4 is 28.2 Å². The molecule has 2 amide bonds. The fourth-order valence-corrected chi connectivity index (χ4v) is 2.85. The van der Waals surface area contributed by atoms with E-state index in [4.69, 9.17) is 0 Å². The van der Waals surface area contributed by atoms with Crippen LogP contribution in [0.1, 0.15) is 19.8 Å². The molecular weight excluding hydrogens is 284 g/mol. The minimum absolute atomic E-state index is 0.0313. The molecule has 1 saturated heterocycles. The van der Waals surface area contributed by atoms with Gasteiger partial charge in [0.25, 0.3) is 0 Å². The minimum Gasteiger partial charge on any atom is -0.341 e. The van der Waals surface area contributed by atoms with Crippen molar-refractivity contribution in [2.24, 2.45) is 4.99 Å². The van der Waals surface area contributed by atoms with Crippen LogP contribution in [0, 0.1) is 10.1 Å². The molecule has 1 aromatic rings. The molecule has 2 rings (SSSR count). The predicted octanol–water partition coefficient (Wildman–Crippen LogP) is 0.527. The molecule has 0 saturated carbocycles. The summed E-state index contributed by atoms with van der Waals surface area (Å²) in [7, 11) is 0. The Balaban J connectivity index is 2.27. The van der Waals surface area contributed by atoms with Gasteiger partial charge in [-0.2, -0.15) is 4.99 Å². The third kappa shape index (κ3) is 3.29. The van der Waals surface area contributed by atoms with Gasteiger partial charge < -0.3 is 9.47 Å². The van der Waals surface area contributed by atoms with E-state index in [0.717, 1.165) is 24.2 Å². The van der Waals surface area contributed by atoms with Crippen LogP contribution < -0.4 is 4.80 Å². The van der Waals surface area contributed by atoms with E-state index >= 15 is 0 Å². The Bertz CT molecular complexity index is 612. The molecule has 0 aliphatic carbocycles. The molecule has 0 spiro atoms. The lowest BCUT2D eigenvalue weighted by molar-refractivity contribution is -0.380. The molecule has 0 atom stereocenters. The molecule has 0 radical (unpaired) electrons. The van der Waals surface area contributed by atoms with Gasteiger partial charge in [-0.1, -0.05) is 0 Å². The molecule has 0 unspecified atom stereocenters. The summed E-state index contributed by atoms with van der Waals surface area (Å²) >= 11 is 0.786. The summed E-state index contributed by atoms with van der Waals surface area (Å²) in [5.74, 6) is -0.565. The number of rotatable bonds is 3. The zero-order valence-electron chi connectivity index (χ0n) is 10.9. The van der Waals surface area contributed by atoms with Gasteiger partial charge in [0.15, 0.2) is 4.80 Å². The number of aromatic nitrogens is 1. The highest BCUT2D eigenvalue weighted by Crippen LogP contribution is 2.15. The number of hydrogen-bond acceptors (Lipinski definition) is 5. The summed E-state index contributed by atoms with van der Waals surface area (Å²) in [5, 5.41) is 10.6. The summed E-state index contributed by atoms with van der Waals surface area (Å²) < 4.78 is 1.37. The first-order valence-electron chi connectivity index (χ1n) is 6.15. The first-order chi connectivity index (χ1) is 9.47. The van der Waals surface area contributed by atoms with Crippen molar-refractivity contribution in [1.29, 1.82) is 0 Å². The maximum absolute atomic E-state index is 12.0. The van der Waals surface area contributed by atoms with Gasteiger partial charge in [-0.3, -0.25) is 19.7 Å². The summed E-state index contributed by atoms with van der Waals surface area (Å²) in [6.07, 6.45) is 3.20. The molecule has 1 aliphatic rings. The number of carbonyl (C=O) groups excluding carboxylic acids is 2. The molecule has 108 valence electrons. The smallest absolute Gasteiger partial charge is 0.341 e. The Morgan fingerprint density at radius 1 is 1.45 bits per heavy atom. The molecule has 8 nitrogen and oxygen atoms in total. The van der Waals surface area contributed by atoms with E-state index < -0.39 is 10.8 Å². The Hall–Kier alpha value is -2.03. The van der Waals surface area contributed by atoms with E-state index in [1.807, 2.05) is 0 Å². The normalized spacial score (nSPS) is 15.7. The maximum atomic E-state index is 12.0. The molecule has 0 bridgehead atoms. The molecule has 1 aliphatic heterocycles. The van der Waals surface area contributed by atoms with Crippen molar-refractivity contribution in [2.75, 3.05) is 13.1 Å². The van der Waals surface area contributed by atoms with Crippen LogP contribution in [0.25, 0.3) is 0 Å². The second-order valence-corrected chi connectivity index (χ2v) is 5.44. The fraction of sp³-hybridized carbons (Fsp3) is 0.545. The highest BCUT2D eigenvalue weighted by molar-refractivity contribution is 7.12. The lowest BCUT2D eigenvalue weighted by atomic mass is 10.4. The SMILES string of the molecule is CC(=O)N=c1sc([N+](=O)[O-])cn1CC(=O)N1CCCC1. The van der Waals surface area contributed by atoms with Gasteiger partial charge in [-0.25, -0.2) is 0 Å². The minimum atomic E-state index is -0.555. The first kappa shape index (κ1) is 14.4. The summed E-state index contributed by atoms with van der Waals surface area (Å²) in [4.78, 5) is 38.9. The van der Waals surface area contributed by atoms with Crippen LogP contribution >= 0.6 is 11.3 Å². The highest BCUT2D eigenvalue weighted by atomic mass is 32.1. The Labute approximate surface area is 118 Å². The fourth-order valence-electron chi connectivity index (χ4n) is 2.00. The van der Waals surface area contributed by atoms with Crippen molar-refractivity contribution in [3.8, 4) is 0 Å². The Morgan fingerprint density at radius 2 is 2.10 bits per heavy atom. The van der Waals surface area contributed by atoms with Crippen molar-refractivity contribution in [3.63, 3.8) is 0 Å². The standard InChI is InChI=1S/C11H14N4O4S/c1-8(16)12-11-14(7-10(20-11)15(18)19)6-9(17)13-4-2-3-5-13/h7H,2-6H2,1H3. The highest BCUT2D eigenvalue weighted by Gasteiger charge is 2.20. The van der Waals surface area contributed by atoms with Gasteiger partial charge in [-0.05, 0) is 24.2 Å². The summed E-state index contributed by atoms with van der Waals surface area (Å²) in [6, 6.07) is 0. The van der Waals surface area contributed by atoms with Crippen LogP contribution in [-0.4, -0.2) is 39.3 Å².